The second-order valence-electron chi connectivity index (χ2n) is 6.16. The number of sulfone groups is 1. The van der Waals surface area contributed by atoms with Crippen LogP contribution >= 0.6 is 0 Å². The van der Waals surface area contributed by atoms with Crippen LogP contribution in [0.25, 0.3) is 0 Å². The Morgan fingerprint density at radius 3 is 2.80 bits per heavy atom. The Hall–Kier alpha value is -0.660. The summed E-state index contributed by atoms with van der Waals surface area (Å²) in [6.45, 7) is 4.13. The molecular weight excluding hydrogens is 278 g/mol. The summed E-state index contributed by atoms with van der Waals surface area (Å²) in [5, 5.41) is 2.83. The third kappa shape index (κ3) is 4.43. The molecule has 0 bridgehead atoms. The van der Waals surface area contributed by atoms with E-state index in [2.05, 4.69) is 10.2 Å². The lowest BCUT2D eigenvalue weighted by molar-refractivity contribution is -0.123. The van der Waals surface area contributed by atoms with Gasteiger partial charge < -0.3 is 11.1 Å². The zero-order valence-electron chi connectivity index (χ0n) is 12.0. The first-order chi connectivity index (χ1) is 9.35. The molecule has 20 heavy (non-hydrogen) atoms. The summed E-state index contributed by atoms with van der Waals surface area (Å²) in [7, 11) is -2.94. The van der Waals surface area contributed by atoms with Gasteiger partial charge in [0.15, 0.2) is 9.84 Å². The van der Waals surface area contributed by atoms with Crippen molar-refractivity contribution in [2.75, 3.05) is 31.1 Å². The van der Waals surface area contributed by atoms with E-state index in [0.29, 0.717) is 18.9 Å². The number of carbonyl (C=O) groups is 1. The van der Waals surface area contributed by atoms with Gasteiger partial charge in [-0.25, -0.2) is 8.42 Å². The number of nitrogens with two attached hydrogens (primary N) is 1. The number of rotatable bonds is 4. The van der Waals surface area contributed by atoms with Crippen LogP contribution in [0.3, 0.4) is 0 Å². The van der Waals surface area contributed by atoms with Gasteiger partial charge in [0.05, 0.1) is 18.1 Å². The lowest BCUT2D eigenvalue weighted by atomic mass is 9.92. The fourth-order valence-corrected chi connectivity index (χ4v) is 4.72. The van der Waals surface area contributed by atoms with Crippen molar-refractivity contribution in [3.8, 4) is 0 Å². The van der Waals surface area contributed by atoms with E-state index in [9.17, 15) is 13.2 Å². The molecule has 0 aliphatic carbocycles. The quantitative estimate of drug-likeness (QED) is 0.720. The molecule has 0 saturated carbocycles. The monoisotopic (exact) mass is 303 g/mol. The van der Waals surface area contributed by atoms with Gasteiger partial charge in [-0.2, -0.15) is 0 Å². The van der Waals surface area contributed by atoms with E-state index in [1.165, 1.54) is 0 Å². The molecule has 7 heteroatoms. The van der Waals surface area contributed by atoms with Crippen LogP contribution in [0.1, 0.15) is 26.2 Å². The van der Waals surface area contributed by atoms with Crippen LogP contribution in [0.5, 0.6) is 0 Å². The Labute approximate surface area is 121 Å². The topological polar surface area (TPSA) is 92.5 Å². The molecule has 1 amide bonds. The molecule has 2 saturated heterocycles. The molecule has 0 aromatic heterocycles. The second-order valence-corrected chi connectivity index (χ2v) is 8.39. The first-order valence-electron chi connectivity index (χ1n) is 7.33. The predicted octanol–water partition coefficient (Wildman–Crippen LogP) is -0.651. The van der Waals surface area contributed by atoms with Crippen LogP contribution in [0, 0.1) is 5.92 Å². The lowest BCUT2D eigenvalue weighted by Crippen LogP contribution is -2.48. The van der Waals surface area contributed by atoms with E-state index in [-0.39, 0.29) is 29.5 Å². The Bertz CT molecular complexity index is 450. The van der Waals surface area contributed by atoms with Crippen molar-refractivity contribution in [3.05, 3.63) is 0 Å². The first-order valence-corrected chi connectivity index (χ1v) is 9.15. The second kappa shape index (κ2) is 6.41. The summed E-state index contributed by atoms with van der Waals surface area (Å²) in [6.07, 6.45) is 2.73. The van der Waals surface area contributed by atoms with Crippen molar-refractivity contribution in [3.63, 3.8) is 0 Å². The summed E-state index contributed by atoms with van der Waals surface area (Å²) < 4.78 is 22.7. The molecule has 2 aliphatic heterocycles. The minimum atomic E-state index is -2.94. The summed E-state index contributed by atoms with van der Waals surface area (Å²) in [5.74, 6) is 0.649. The van der Waals surface area contributed by atoms with Gasteiger partial charge in [0.2, 0.25) is 5.91 Å². The molecule has 116 valence electrons. The van der Waals surface area contributed by atoms with E-state index in [1.54, 1.807) is 0 Å². The highest BCUT2D eigenvalue weighted by Crippen LogP contribution is 2.18. The third-order valence-corrected chi connectivity index (χ3v) is 6.02. The molecule has 3 unspecified atom stereocenters. The smallest absolute Gasteiger partial charge is 0.234 e. The molecule has 3 N–H and O–H groups in total. The fourth-order valence-electron chi connectivity index (χ4n) is 3.05. The zero-order chi connectivity index (χ0) is 14.8. The molecule has 3 atom stereocenters. The summed E-state index contributed by atoms with van der Waals surface area (Å²) in [5.41, 5.74) is 5.93. The van der Waals surface area contributed by atoms with Gasteiger partial charge in [0, 0.05) is 18.6 Å². The molecule has 2 fully saturated rings. The van der Waals surface area contributed by atoms with Gasteiger partial charge in [-0.3, -0.25) is 9.69 Å². The van der Waals surface area contributed by atoms with Crippen LogP contribution in [-0.4, -0.2) is 62.4 Å². The van der Waals surface area contributed by atoms with Gasteiger partial charge in [0.25, 0.3) is 0 Å². The molecule has 0 spiro atoms. The largest absolute Gasteiger partial charge is 0.351 e. The SMILES string of the molecule is CC(N)C1CCCN(CC(=O)NC2CCS(=O)(=O)C2)C1. The molecule has 2 rings (SSSR count). The van der Waals surface area contributed by atoms with Crippen LogP contribution in [0.4, 0.5) is 0 Å². The van der Waals surface area contributed by atoms with Crippen molar-refractivity contribution in [2.45, 2.75) is 38.3 Å². The van der Waals surface area contributed by atoms with E-state index < -0.39 is 9.84 Å². The third-order valence-electron chi connectivity index (χ3n) is 4.25. The molecule has 0 radical (unpaired) electrons. The summed E-state index contributed by atoms with van der Waals surface area (Å²) in [4.78, 5) is 14.1. The normalized spacial score (nSPS) is 31.9. The van der Waals surface area contributed by atoms with Crippen molar-refractivity contribution >= 4 is 15.7 Å². The highest BCUT2D eigenvalue weighted by molar-refractivity contribution is 7.91. The molecular formula is C13H25N3O3S. The van der Waals surface area contributed by atoms with Crippen LogP contribution in [0.2, 0.25) is 0 Å². The van der Waals surface area contributed by atoms with E-state index in [4.69, 9.17) is 5.73 Å². The van der Waals surface area contributed by atoms with Gasteiger partial charge in [0.1, 0.15) is 0 Å². The molecule has 0 aromatic rings. The Morgan fingerprint density at radius 2 is 2.20 bits per heavy atom. The number of nitrogens with zero attached hydrogens (tertiary/aromatic N) is 1. The molecule has 0 aromatic carbocycles. The van der Waals surface area contributed by atoms with Gasteiger partial charge in [-0.05, 0) is 38.6 Å². The lowest BCUT2D eigenvalue weighted by Gasteiger charge is -2.34. The average molecular weight is 303 g/mol. The van der Waals surface area contributed by atoms with Gasteiger partial charge in [-0.15, -0.1) is 0 Å². The summed E-state index contributed by atoms with van der Waals surface area (Å²) >= 11 is 0. The number of hydrogen-bond donors (Lipinski definition) is 2. The molecule has 2 aliphatic rings. The van der Waals surface area contributed by atoms with Crippen molar-refractivity contribution in [1.82, 2.24) is 10.2 Å². The maximum atomic E-state index is 12.0. The highest BCUT2D eigenvalue weighted by atomic mass is 32.2. The van der Waals surface area contributed by atoms with Gasteiger partial charge in [-0.1, -0.05) is 0 Å². The number of hydrogen-bond acceptors (Lipinski definition) is 5. The predicted molar refractivity (Wildman–Crippen MR) is 78.0 cm³/mol. The zero-order valence-corrected chi connectivity index (χ0v) is 12.9. The molecule has 6 nitrogen and oxygen atoms in total. The van der Waals surface area contributed by atoms with Crippen LogP contribution in [0.15, 0.2) is 0 Å². The van der Waals surface area contributed by atoms with Gasteiger partial charge >= 0.3 is 0 Å². The standard InChI is InChI=1S/C13H25N3O3S/c1-10(14)11-3-2-5-16(7-11)8-13(17)15-12-4-6-20(18,19)9-12/h10-12H,2-9,14H2,1H3,(H,15,17). The van der Waals surface area contributed by atoms with E-state index >= 15 is 0 Å². The van der Waals surface area contributed by atoms with Crippen molar-refractivity contribution in [1.29, 1.82) is 0 Å². The number of piperidine rings is 1. The van der Waals surface area contributed by atoms with Crippen molar-refractivity contribution < 1.29 is 13.2 Å². The van der Waals surface area contributed by atoms with Crippen LogP contribution < -0.4 is 11.1 Å². The Balaban J connectivity index is 1.77. The number of likely N-dealkylation sites (tertiary alicyclic amines) is 1. The van der Waals surface area contributed by atoms with Crippen LogP contribution in [-0.2, 0) is 14.6 Å². The van der Waals surface area contributed by atoms with E-state index in [0.717, 1.165) is 25.9 Å². The van der Waals surface area contributed by atoms with E-state index in [1.807, 2.05) is 6.92 Å². The average Bonchev–Trinajstić information content (AvgIpc) is 2.68. The maximum absolute atomic E-state index is 12.0. The first kappa shape index (κ1) is 15.7. The minimum absolute atomic E-state index is 0.0718. The number of amides is 1. The van der Waals surface area contributed by atoms with Crippen molar-refractivity contribution in [2.24, 2.45) is 11.7 Å². The number of nitrogens with one attached hydrogen (secondary N) is 1. The number of carbonyl (C=O) groups excluding carboxylic acids is 1. The molecule has 2 heterocycles. The maximum Gasteiger partial charge on any atom is 0.234 e. The highest BCUT2D eigenvalue weighted by Gasteiger charge is 2.30. The Kier molecular flexibility index (Phi) is 5.04. The summed E-state index contributed by atoms with van der Waals surface area (Å²) in [6, 6.07) is -0.0534. The Morgan fingerprint density at radius 1 is 1.45 bits per heavy atom. The fraction of sp³-hybridized carbons (Fsp3) is 0.923. The minimum Gasteiger partial charge on any atom is -0.351 e.